The first-order valence-electron chi connectivity index (χ1n) is 9.57. The van der Waals surface area contributed by atoms with Gasteiger partial charge in [0.1, 0.15) is 5.82 Å². The molecule has 29 heavy (non-hydrogen) atoms. The molecule has 0 saturated heterocycles. The molecular formula is C21H24N4O3S. The highest BCUT2D eigenvalue weighted by molar-refractivity contribution is 7.92. The number of aryl methyl sites for hydroxylation is 1. The number of para-hydroxylation sites is 2. The van der Waals surface area contributed by atoms with E-state index in [1.54, 1.807) is 12.1 Å². The summed E-state index contributed by atoms with van der Waals surface area (Å²) in [6.07, 6.45) is 1.85. The third kappa shape index (κ3) is 3.72. The maximum absolute atomic E-state index is 12.8. The van der Waals surface area contributed by atoms with Crippen molar-refractivity contribution in [2.45, 2.75) is 26.8 Å². The molecule has 1 aliphatic heterocycles. The Balaban J connectivity index is 1.49. The van der Waals surface area contributed by atoms with Crippen LogP contribution in [0, 0.1) is 12.8 Å². The second-order valence-corrected chi connectivity index (χ2v) is 9.48. The Labute approximate surface area is 170 Å². The Morgan fingerprint density at radius 1 is 1.24 bits per heavy atom. The van der Waals surface area contributed by atoms with Crippen LogP contribution in [0.25, 0.3) is 11.0 Å². The first-order chi connectivity index (χ1) is 13.7. The van der Waals surface area contributed by atoms with Crippen molar-refractivity contribution in [2.24, 2.45) is 5.92 Å². The highest BCUT2D eigenvalue weighted by atomic mass is 32.2. The number of carbonyl (C=O) groups excluding carboxylic acids is 1. The molecule has 1 N–H and O–H groups in total. The molecule has 0 spiro atoms. The summed E-state index contributed by atoms with van der Waals surface area (Å²) in [4.78, 5) is 17.3. The molecule has 1 amide bonds. The maximum Gasteiger partial charge on any atom is 0.232 e. The number of hydrogen-bond donors (Lipinski definition) is 1. The van der Waals surface area contributed by atoms with Crippen LogP contribution in [0.5, 0.6) is 0 Å². The van der Waals surface area contributed by atoms with Gasteiger partial charge in [0.25, 0.3) is 0 Å². The van der Waals surface area contributed by atoms with E-state index in [1.165, 1.54) is 10.6 Å². The summed E-state index contributed by atoms with van der Waals surface area (Å²) < 4.78 is 27.2. The van der Waals surface area contributed by atoms with Crippen LogP contribution in [0.1, 0.15) is 18.3 Å². The van der Waals surface area contributed by atoms with Gasteiger partial charge in [0.05, 0.1) is 28.9 Å². The lowest BCUT2D eigenvalue weighted by Gasteiger charge is -2.17. The van der Waals surface area contributed by atoms with Gasteiger partial charge in [-0.1, -0.05) is 19.1 Å². The van der Waals surface area contributed by atoms with Crippen LogP contribution in [0.4, 0.5) is 11.4 Å². The number of aromatic nitrogens is 2. The number of amides is 1. The van der Waals surface area contributed by atoms with Crippen molar-refractivity contribution in [1.82, 2.24) is 9.55 Å². The SMILES string of the molecule is Cc1nc2ccccc2n1CC(C)C(=O)Nc1ccc2c(c1)CCN2S(C)(=O)=O. The number of fused-ring (bicyclic) bond motifs is 2. The van der Waals surface area contributed by atoms with Gasteiger partial charge in [-0.15, -0.1) is 0 Å². The lowest BCUT2D eigenvalue weighted by atomic mass is 10.1. The molecule has 8 heteroatoms. The Hall–Kier alpha value is -2.87. The van der Waals surface area contributed by atoms with Crippen LogP contribution in [0.3, 0.4) is 0 Å². The Morgan fingerprint density at radius 2 is 2.00 bits per heavy atom. The Kier molecular flexibility index (Phi) is 4.82. The van der Waals surface area contributed by atoms with Crippen molar-refractivity contribution >= 4 is 38.3 Å². The molecule has 152 valence electrons. The largest absolute Gasteiger partial charge is 0.327 e. The van der Waals surface area contributed by atoms with Gasteiger partial charge >= 0.3 is 0 Å². The summed E-state index contributed by atoms with van der Waals surface area (Å²) in [5, 5.41) is 2.96. The third-order valence-corrected chi connectivity index (χ3v) is 6.53. The van der Waals surface area contributed by atoms with Gasteiger partial charge in [0.2, 0.25) is 15.9 Å². The molecule has 1 aliphatic rings. The van der Waals surface area contributed by atoms with Crippen LogP contribution in [-0.4, -0.2) is 36.7 Å². The van der Waals surface area contributed by atoms with Crippen molar-refractivity contribution in [1.29, 1.82) is 0 Å². The van der Waals surface area contributed by atoms with E-state index in [1.807, 2.05) is 44.2 Å². The van der Waals surface area contributed by atoms with E-state index in [0.717, 1.165) is 22.4 Å². The third-order valence-electron chi connectivity index (χ3n) is 5.35. The molecule has 1 aromatic heterocycles. The number of sulfonamides is 1. The summed E-state index contributed by atoms with van der Waals surface area (Å²) in [7, 11) is -3.28. The normalized spacial score (nSPS) is 14.8. The average Bonchev–Trinajstić information content (AvgIpc) is 3.22. The number of imidazole rings is 1. The molecule has 7 nitrogen and oxygen atoms in total. The minimum absolute atomic E-state index is 0.0832. The zero-order valence-electron chi connectivity index (χ0n) is 16.7. The van der Waals surface area contributed by atoms with Crippen LogP contribution in [-0.2, 0) is 27.8 Å². The molecule has 0 fully saturated rings. The molecule has 0 aliphatic carbocycles. The van der Waals surface area contributed by atoms with Gasteiger partial charge in [-0.3, -0.25) is 9.10 Å². The standard InChI is InChI=1S/C21H24N4O3S/c1-14(13-24-15(2)22-18-6-4-5-7-20(18)24)21(26)23-17-8-9-19-16(12-17)10-11-25(19)29(3,27)28/h4-9,12,14H,10-11,13H2,1-3H3,(H,23,26). The number of carbonyl (C=O) groups is 1. The first kappa shape index (κ1) is 19.4. The van der Waals surface area contributed by atoms with Gasteiger partial charge in [-0.25, -0.2) is 13.4 Å². The molecule has 4 rings (SSSR count). The van der Waals surface area contributed by atoms with E-state index < -0.39 is 10.0 Å². The quantitative estimate of drug-likeness (QED) is 0.698. The van der Waals surface area contributed by atoms with Gasteiger partial charge in [0, 0.05) is 18.8 Å². The zero-order chi connectivity index (χ0) is 20.8. The van der Waals surface area contributed by atoms with E-state index in [2.05, 4.69) is 14.9 Å². The summed E-state index contributed by atoms with van der Waals surface area (Å²) in [5.41, 5.74) is 4.24. The minimum atomic E-state index is -3.28. The fourth-order valence-corrected chi connectivity index (χ4v) is 4.80. The van der Waals surface area contributed by atoms with E-state index in [-0.39, 0.29) is 11.8 Å². The molecule has 0 saturated carbocycles. The topological polar surface area (TPSA) is 84.3 Å². The molecule has 0 bridgehead atoms. The number of anilines is 2. The first-order valence-corrected chi connectivity index (χ1v) is 11.4. The summed E-state index contributed by atoms with van der Waals surface area (Å²) in [6, 6.07) is 13.3. The molecule has 0 radical (unpaired) electrons. The van der Waals surface area contributed by atoms with E-state index >= 15 is 0 Å². The number of hydrogen-bond acceptors (Lipinski definition) is 4. The van der Waals surface area contributed by atoms with Crippen molar-refractivity contribution in [3.05, 3.63) is 53.9 Å². The molecule has 1 unspecified atom stereocenters. The van der Waals surface area contributed by atoms with E-state index in [4.69, 9.17) is 0 Å². The average molecular weight is 413 g/mol. The van der Waals surface area contributed by atoms with Crippen LogP contribution < -0.4 is 9.62 Å². The zero-order valence-corrected chi connectivity index (χ0v) is 17.5. The highest BCUT2D eigenvalue weighted by Gasteiger charge is 2.26. The number of rotatable bonds is 5. The number of nitrogens with one attached hydrogen (secondary N) is 1. The monoisotopic (exact) mass is 412 g/mol. The molecular weight excluding hydrogens is 388 g/mol. The fourth-order valence-electron chi connectivity index (χ4n) is 3.84. The van der Waals surface area contributed by atoms with E-state index in [9.17, 15) is 13.2 Å². The van der Waals surface area contributed by atoms with E-state index in [0.29, 0.717) is 30.9 Å². The minimum Gasteiger partial charge on any atom is -0.327 e. The van der Waals surface area contributed by atoms with Gasteiger partial charge < -0.3 is 9.88 Å². The molecule has 2 heterocycles. The van der Waals surface area contributed by atoms with Crippen LogP contribution in [0.2, 0.25) is 0 Å². The smallest absolute Gasteiger partial charge is 0.232 e. The van der Waals surface area contributed by atoms with Crippen molar-refractivity contribution in [2.75, 3.05) is 22.4 Å². The fraction of sp³-hybridized carbons (Fsp3) is 0.333. The molecule has 2 aromatic carbocycles. The number of nitrogens with zero attached hydrogens (tertiary/aromatic N) is 3. The molecule has 1 atom stereocenters. The van der Waals surface area contributed by atoms with Crippen molar-refractivity contribution in [3.63, 3.8) is 0 Å². The maximum atomic E-state index is 12.8. The highest BCUT2D eigenvalue weighted by Crippen LogP contribution is 2.32. The van der Waals surface area contributed by atoms with Gasteiger partial charge in [0.15, 0.2) is 0 Å². The number of benzene rings is 2. The summed E-state index contributed by atoms with van der Waals surface area (Å²) in [5.74, 6) is 0.538. The predicted molar refractivity (Wildman–Crippen MR) is 115 cm³/mol. The van der Waals surface area contributed by atoms with Crippen LogP contribution >= 0.6 is 0 Å². The van der Waals surface area contributed by atoms with Crippen molar-refractivity contribution < 1.29 is 13.2 Å². The summed E-state index contributed by atoms with van der Waals surface area (Å²) >= 11 is 0. The predicted octanol–water partition coefficient (Wildman–Crippen LogP) is 2.94. The van der Waals surface area contributed by atoms with Gasteiger partial charge in [-0.05, 0) is 49.2 Å². The molecule has 3 aromatic rings. The second-order valence-electron chi connectivity index (χ2n) is 7.58. The summed E-state index contributed by atoms with van der Waals surface area (Å²) in [6.45, 7) is 4.81. The Morgan fingerprint density at radius 3 is 2.76 bits per heavy atom. The van der Waals surface area contributed by atoms with Gasteiger partial charge in [-0.2, -0.15) is 0 Å². The second kappa shape index (κ2) is 7.18. The lowest BCUT2D eigenvalue weighted by molar-refractivity contribution is -0.119. The van der Waals surface area contributed by atoms with Crippen LogP contribution in [0.15, 0.2) is 42.5 Å². The Bertz CT molecular complexity index is 1200. The van der Waals surface area contributed by atoms with Crippen molar-refractivity contribution in [3.8, 4) is 0 Å². The lowest BCUT2D eigenvalue weighted by Crippen LogP contribution is -2.27.